The van der Waals surface area contributed by atoms with Gasteiger partial charge >= 0.3 is 0 Å². The summed E-state index contributed by atoms with van der Waals surface area (Å²) < 4.78 is 0. The molecule has 1 heterocycles. The Bertz CT molecular complexity index is 171. The number of piperidine rings is 1. The molecule has 1 aliphatic heterocycles. The fourth-order valence-corrected chi connectivity index (χ4v) is 2.06. The topological polar surface area (TPSA) is 20.3 Å². The molecule has 0 saturated carbocycles. The summed E-state index contributed by atoms with van der Waals surface area (Å²) in [6.07, 6.45) is 6.30. The Morgan fingerprint density at radius 2 is 2.00 bits per heavy atom. The zero-order chi connectivity index (χ0) is 10.4. The standard InChI is InChI=1S/C12H23NO/c1-3-4-5-12(14)10-11-6-8-13(2)9-7-11/h11H,3-10H2,1-2H3. The number of hydrogen-bond donors (Lipinski definition) is 0. The summed E-state index contributed by atoms with van der Waals surface area (Å²) in [6.45, 7) is 4.49. The van der Waals surface area contributed by atoms with Crippen LogP contribution in [0.1, 0.15) is 45.4 Å². The van der Waals surface area contributed by atoms with Gasteiger partial charge in [-0.3, -0.25) is 4.79 Å². The molecule has 0 atom stereocenters. The number of unbranched alkanes of at least 4 members (excludes halogenated alkanes) is 1. The van der Waals surface area contributed by atoms with Crippen molar-refractivity contribution in [2.24, 2.45) is 5.92 Å². The summed E-state index contributed by atoms with van der Waals surface area (Å²) in [5.41, 5.74) is 0. The molecule has 1 fully saturated rings. The maximum absolute atomic E-state index is 11.5. The molecular weight excluding hydrogens is 174 g/mol. The van der Waals surface area contributed by atoms with Crippen LogP contribution >= 0.6 is 0 Å². The average molecular weight is 197 g/mol. The van der Waals surface area contributed by atoms with Gasteiger partial charge in [-0.2, -0.15) is 0 Å². The van der Waals surface area contributed by atoms with Crippen LogP contribution in [0.3, 0.4) is 0 Å². The number of carbonyl (C=O) groups excluding carboxylic acids is 1. The Labute approximate surface area is 87.7 Å². The maximum Gasteiger partial charge on any atom is 0.133 e. The lowest BCUT2D eigenvalue weighted by atomic mass is 9.91. The minimum atomic E-state index is 0.487. The van der Waals surface area contributed by atoms with Crippen LogP contribution in [0.4, 0.5) is 0 Å². The summed E-state index contributed by atoms with van der Waals surface area (Å²) >= 11 is 0. The SMILES string of the molecule is CCCCC(=O)CC1CCN(C)CC1. The Balaban J connectivity index is 2.14. The van der Waals surface area contributed by atoms with E-state index in [1.807, 2.05) is 0 Å². The number of hydrogen-bond acceptors (Lipinski definition) is 2. The van der Waals surface area contributed by atoms with Crippen molar-refractivity contribution in [1.82, 2.24) is 4.90 Å². The van der Waals surface area contributed by atoms with Crippen molar-refractivity contribution >= 4 is 5.78 Å². The quantitative estimate of drug-likeness (QED) is 0.675. The molecule has 0 bridgehead atoms. The van der Waals surface area contributed by atoms with Gasteiger partial charge in [0.2, 0.25) is 0 Å². The molecule has 0 aliphatic carbocycles. The molecule has 0 amide bonds. The Hall–Kier alpha value is -0.370. The second-order valence-electron chi connectivity index (χ2n) is 4.59. The normalized spacial score (nSPS) is 19.9. The fraction of sp³-hybridized carbons (Fsp3) is 0.917. The summed E-state index contributed by atoms with van der Waals surface area (Å²) in [6, 6.07) is 0. The fourth-order valence-electron chi connectivity index (χ4n) is 2.06. The maximum atomic E-state index is 11.5. The van der Waals surface area contributed by atoms with Crippen molar-refractivity contribution in [2.45, 2.75) is 45.4 Å². The molecular formula is C12H23NO. The van der Waals surface area contributed by atoms with E-state index in [0.29, 0.717) is 11.7 Å². The van der Waals surface area contributed by atoms with E-state index in [1.165, 1.54) is 25.9 Å². The summed E-state index contributed by atoms with van der Waals surface area (Å²) in [5, 5.41) is 0. The number of Topliss-reactive ketones (excluding diaryl/α,β-unsaturated/α-hetero) is 1. The number of likely N-dealkylation sites (tertiary alicyclic amines) is 1. The smallest absolute Gasteiger partial charge is 0.133 e. The van der Waals surface area contributed by atoms with Crippen molar-refractivity contribution in [3.8, 4) is 0 Å². The molecule has 2 heteroatoms. The highest BCUT2D eigenvalue weighted by Crippen LogP contribution is 2.20. The number of rotatable bonds is 5. The van der Waals surface area contributed by atoms with Gasteiger partial charge in [-0.1, -0.05) is 13.3 Å². The van der Waals surface area contributed by atoms with E-state index in [4.69, 9.17) is 0 Å². The van der Waals surface area contributed by atoms with Crippen molar-refractivity contribution in [2.75, 3.05) is 20.1 Å². The second kappa shape index (κ2) is 6.18. The highest BCUT2D eigenvalue weighted by atomic mass is 16.1. The first-order valence-corrected chi connectivity index (χ1v) is 5.92. The third-order valence-corrected chi connectivity index (χ3v) is 3.16. The van der Waals surface area contributed by atoms with Crippen LogP contribution < -0.4 is 0 Å². The van der Waals surface area contributed by atoms with Crippen LogP contribution in [0, 0.1) is 5.92 Å². The lowest BCUT2D eigenvalue weighted by Gasteiger charge is -2.28. The molecule has 0 aromatic heterocycles. The van der Waals surface area contributed by atoms with Crippen LogP contribution in [-0.4, -0.2) is 30.8 Å². The molecule has 0 spiro atoms. The summed E-state index contributed by atoms with van der Waals surface area (Å²) in [7, 11) is 2.16. The van der Waals surface area contributed by atoms with Crippen molar-refractivity contribution in [3.05, 3.63) is 0 Å². The summed E-state index contributed by atoms with van der Waals surface area (Å²) in [4.78, 5) is 13.9. The van der Waals surface area contributed by atoms with Crippen LogP contribution in [0.2, 0.25) is 0 Å². The molecule has 0 N–H and O–H groups in total. The first-order chi connectivity index (χ1) is 6.72. The van der Waals surface area contributed by atoms with Gasteiger partial charge in [0.15, 0.2) is 0 Å². The molecule has 82 valence electrons. The van der Waals surface area contributed by atoms with Gasteiger partial charge in [-0.05, 0) is 45.3 Å². The predicted molar refractivity (Wildman–Crippen MR) is 59.4 cm³/mol. The van der Waals surface area contributed by atoms with E-state index < -0.39 is 0 Å². The monoisotopic (exact) mass is 197 g/mol. The molecule has 1 saturated heterocycles. The Morgan fingerprint density at radius 1 is 1.36 bits per heavy atom. The molecule has 0 unspecified atom stereocenters. The van der Waals surface area contributed by atoms with E-state index in [1.54, 1.807) is 0 Å². The zero-order valence-electron chi connectivity index (χ0n) is 9.59. The van der Waals surface area contributed by atoms with Gasteiger partial charge < -0.3 is 4.90 Å². The zero-order valence-corrected chi connectivity index (χ0v) is 9.59. The number of nitrogens with zero attached hydrogens (tertiary/aromatic N) is 1. The van der Waals surface area contributed by atoms with Crippen LogP contribution in [0.15, 0.2) is 0 Å². The van der Waals surface area contributed by atoms with E-state index >= 15 is 0 Å². The van der Waals surface area contributed by atoms with E-state index in [9.17, 15) is 4.79 Å². The highest BCUT2D eigenvalue weighted by molar-refractivity contribution is 5.78. The van der Waals surface area contributed by atoms with Crippen LogP contribution in [0.25, 0.3) is 0 Å². The Kier molecular flexibility index (Phi) is 5.16. The van der Waals surface area contributed by atoms with Gasteiger partial charge in [0.1, 0.15) is 5.78 Å². The number of ketones is 1. The van der Waals surface area contributed by atoms with E-state index in [2.05, 4.69) is 18.9 Å². The van der Waals surface area contributed by atoms with Gasteiger partial charge in [-0.25, -0.2) is 0 Å². The van der Waals surface area contributed by atoms with Gasteiger partial charge in [0, 0.05) is 12.8 Å². The molecule has 0 aromatic carbocycles. The molecule has 0 aromatic rings. The third kappa shape index (κ3) is 4.23. The first kappa shape index (κ1) is 11.7. The lowest BCUT2D eigenvalue weighted by molar-refractivity contribution is -0.120. The minimum Gasteiger partial charge on any atom is -0.306 e. The van der Waals surface area contributed by atoms with Crippen molar-refractivity contribution in [3.63, 3.8) is 0 Å². The van der Waals surface area contributed by atoms with Gasteiger partial charge in [0.25, 0.3) is 0 Å². The van der Waals surface area contributed by atoms with E-state index in [0.717, 1.165) is 25.7 Å². The van der Waals surface area contributed by atoms with Crippen molar-refractivity contribution < 1.29 is 4.79 Å². The largest absolute Gasteiger partial charge is 0.306 e. The van der Waals surface area contributed by atoms with Crippen molar-refractivity contribution in [1.29, 1.82) is 0 Å². The minimum absolute atomic E-state index is 0.487. The number of carbonyl (C=O) groups is 1. The molecule has 2 nitrogen and oxygen atoms in total. The first-order valence-electron chi connectivity index (χ1n) is 5.92. The Morgan fingerprint density at radius 3 is 2.57 bits per heavy atom. The van der Waals surface area contributed by atoms with Gasteiger partial charge in [-0.15, -0.1) is 0 Å². The van der Waals surface area contributed by atoms with Crippen LogP contribution in [-0.2, 0) is 4.79 Å². The second-order valence-corrected chi connectivity index (χ2v) is 4.59. The summed E-state index contributed by atoms with van der Waals surface area (Å²) in [5.74, 6) is 1.16. The molecule has 1 aliphatic rings. The van der Waals surface area contributed by atoms with Gasteiger partial charge in [0.05, 0.1) is 0 Å². The van der Waals surface area contributed by atoms with Crippen LogP contribution in [0.5, 0.6) is 0 Å². The molecule has 1 rings (SSSR count). The predicted octanol–water partition coefficient (Wildman–Crippen LogP) is 2.48. The lowest BCUT2D eigenvalue weighted by Crippen LogP contribution is -2.31. The third-order valence-electron chi connectivity index (χ3n) is 3.16. The average Bonchev–Trinajstić information content (AvgIpc) is 2.18. The molecule has 0 radical (unpaired) electrons. The highest BCUT2D eigenvalue weighted by Gasteiger charge is 2.18. The molecule has 14 heavy (non-hydrogen) atoms. The van der Waals surface area contributed by atoms with E-state index in [-0.39, 0.29) is 0 Å².